The van der Waals surface area contributed by atoms with E-state index >= 15 is 0 Å². The van der Waals surface area contributed by atoms with Crippen LogP contribution in [0.3, 0.4) is 0 Å². The number of amides is 1. The molecule has 0 radical (unpaired) electrons. The molecule has 3 aromatic rings. The van der Waals surface area contributed by atoms with Gasteiger partial charge in [-0.15, -0.1) is 0 Å². The molecular formula is C17H16N4O2S. The van der Waals surface area contributed by atoms with Gasteiger partial charge in [-0.3, -0.25) is 9.78 Å². The van der Waals surface area contributed by atoms with Crippen LogP contribution in [0.15, 0.2) is 48.7 Å². The lowest BCUT2D eigenvalue weighted by Gasteiger charge is -2.06. The van der Waals surface area contributed by atoms with Gasteiger partial charge in [0.25, 0.3) is 5.91 Å². The minimum absolute atomic E-state index is 0.255. The molecule has 7 heteroatoms. The third-order valence-electron chi connectivity index (χ3n) is 3.43. The van der Waals surface area contributed by atoms with Crippen LogP contribution in [0.1, 0.15) is 15.2 Å². The van der Waals surface area contributed by atoms with Crippen molar-refractivity contribution in [3.05, 3.63) is 59.1 Å². The molecule has 0 spiro atoms. The molecule has 3 N–H and O–H groups in total. The standard InChI is InChI=1S/C17H16N4O2S/c1-23-12-6-4-5-11(9-12)10-20-17(22)16-14(18)15(21-24-16)13-7-2-3-8-19-13/h2-9H,10,18H2,1H3,(H,20,22). The molecule has 0 aliphatic rings. The van der Waals surface area contributed by atoms with E-state index in [1.165, 1.54) is 0 Å². The molecule has 0 aliphatic carbocycles. The van der Waals surface area contributed by atoms with Gasteiger partial charge in [-0.25, -0.2) is 0 Å². The highest BCUT2D eigenvalue weighted by Crippen LogP contribution is 2.29. The van der Waals surface area contributed by atoms with Crippen LogP contribution in [0.2, 0.25) is 0 Å². The predicted octanol–water partition coefficient (Wildman–Crippen LogP) is 2.73. The number of nitrogens with zero attached hydrogens (tertiary/aromatic N) is 2. The van der Waals surface area contributed by atoms with Gasteiger partial charge < -0.3 is 15.8 Å². The number of methoxy groups -OCH3 is 1. The van der Waals surface area contributed by atoms with Gasteiger partial charge in [0.2, 0.25) is 0 Å². The smallest absolute Gasteiger partial charge is 0.265 e. The Labute approximate surface area is 143 Å². The number of rotatable bonds is 5. The van der Waals surface area contributed by atoms with Gasteiger partial charge in [0.05, 0.1) is 18.5 Å². The van der Waals surface area contributed by atoms with Gasteiger partial charge in [-0.2, -0.15) is 4.37 Å². The van der Waals surface area contributed by atoms with Crippen molar-refractivity contribution in [3.63, 3.8) is 0 Å². The Morgan fingerprint density at radius 3 is 2.92 bits per heavy atom. The molecule has 24 heavy (non-hydrogen) atoms. The summed E-state index contributed by atoms with van der Waals surface area (Å²) < 4.78 is 9.43. The zero-order valence-corrected chi connectivity index (χ0v) is 13.8. The highest BCUT2D eigenvalue weighted by Gasteiger charge is 2.19. The van der Waals surface area contributed by atoms with Crippen molar-refractivity contribution in [2.24, 2.45) is 0 Å². The summed E-state index contributed by atoms with van der Waals surface area (Å²) in [5.41, 5.74) is 8.55. The van der Waals surface area contributed by atoms with Crippen LogP contribution < -0.4 is 15.8 Å². The average molecular weight is 340 g/mol. The van der Waals surface area contributed by atoms with Crippen molar-refractivity contribution in [2.45, 2.75) is 6.54 Å². The van der Waals surface area contributed by atoms with E-state index in [4.69, 9.17) is 10.5 Å². The van der Waals surface area contributed by atoms with E-state index in [0.29, 0.717) is 28.5 Å². The number of hydrogen-bond acceptors (Lipinski definition) is 6. The molecule has 2 aromatic heterocycles. The number of ether oxygens (including phenoxy) is 1. The lowest BCUT2D eigenvalue weighted by molar-refractivity contribution is 0.0955. The quantitative estimate of drug-likeness (QED) is 0.745. The molecule has 3 rings (SSSR count). The molecule has 1 aromatic carbocycles. The maximum Gasteiger partial charge on any atom is 0.265 e. The predicted molar refractivity (Wildman–Crippen MR) is 93.9 cm³/mol. The number of carbonyl (C=O) groups is 1. The van der Waals surface area contributed by atoms with E-state index < -0.39 is 0 Å². The van der Waals surface area contributed by atoms with Gasteiger partial charge >= 0.3 is 0 Å². The normalized spacial score (nSPS) is 10.4. The number of carbonyl (C=O) groups excluding carboxylic acids is 1. The summed E-state index contributed by atoms with van der Waals surface area (Å²) in [5, 5.41) is 2.85. The van der Waals surface area contributed by atoms with Crippen LogP contribution in [0.5, 0.6) is 5.75 Å². The van der Waals surface area contributed by atoms with Gasteiger partial charge in [0.15, 0.2) is 0 Å². The van der Waals surface area contributed by atoms with E-state index in [1.807, 2.05) is 42.5 Å². The fraction of sp³-hybridized carbons (Fsp3) is 0.118. The summed E-state index contributed by atoms with van der Waals surface area (Å²) in [6, 6.07) is 13.0. The third-order valence-corrected chi connectivity index (χ3v) is 4.29. The maximum absolute atomic E-state index is 12.4. The fourth-order valence-electron chi connectivity index (χ4n) is 2.19. The largest absolute Gasteiger partial charge is 0.497 e. The number of anilines is 1. The van der Waals surface area contributed by atoms with Gasteiger partial charge in [0.1, 0.15) is 16.3 Å². The first-order chi connectivity index (χ1) is 11.7. The summed E-state index contributed by atoms with van der Waals surface area (Å²) in [4.78, 5) is 17.0. The van der Waals surface area contributed by atoms with Gasteiger partial charge in [-0.1, -0.05) is 18.2 Å². The summed E-state index contributed by atoms with van der Waals surface area (Å²) in [6.07, 6.45) is 1.66. The zero-order chi connectivity index (χ0) is 16.9. The van der Waals surface area contributed by atoms with Crippen LogP contribution >= 0.6 is 11.5 Å². The molecular weight excluding hydrogens is 324 g/mol. The molecule has 0 saturated carbocycles. The molecule has 0 saturated heterocycles. The number of aromatic nitrogens is 2. The molecule has 2 heterocycles. The summed E-state index contributed by atoms with van der Waals surface area (Å²) in [6.45, 7) is 0.381. The molecule has 122 valence electrons. The molecule has 6 nitrogen and oxygen atoms in total. The molecule has 1 amide bonds. The van der Waals surface area contributed by atoms with Crippen LogP contribution in [0, 0.1) is 0 Å². The van der Waals surface area contributed by atoms with Crippen LogP contribution in [0.4, 0.5) is 5.69 Å². The number of benzene rings is 1. The van der Waals surface area contributed by atoms with E-state index in [1.54, 1.807) is 13.3 Å². The first-order valence-electron chi connectivity index (χ1n) is 7.26. The van der Waals surface area contributed by atoms with Gasteiger partial charge in [0, 0.05) is 12.7 Å². The average Bonchev–Trinajstić information content (AvgIpc) is 3.02. The molecule has 0 fully saturated rings. The Kier molecular flexibility index (Phi) is 4.72. The van der Waals surface area contributed by atoms with E-state index in [9.17, 15) is 4.79 Å². The Morgan fingerprint density at radius 1 is 1.29 bits per heavy atom. The van der Waals surface area contributed by atoms with Crippen LogP contribution in [0.25, 0.3) is 11.4 Å². The SMILES string of the molecule is COc1cccc(CNC(=O)c2snc(-c3ccccn3)c2N)c1. The number of nitrogen functional groups attached to an aromatic ring is 1. The Balaban J connectivity index is 1.73. The Morgan fingerprint density at radius 2 is 2.17 bits per heavy atom. The second kappa shape index (κ2) is 7.10. The lowest BCUT2D eigenvalue weighted by Crippen LogP contribution is -2.22. The van der Waals surface area contributed by atoms with Crippen molar-refractivity contribution >= 4 is 23.1 Å². The van der Waals surface area contributed by atoms with Crippen molar-refractivity contribution < 1.29 is 9.53 Å². The topological polar surface area (TPSA) is 90.1 Å². The van der Waals surface area contributed by atoms with Crippen molar-refractivity contribution in [3.8, 4) is 17.1 Å². The number of pyridine rings is 1. The van der Waals surface area contributed by atoms with Crippen molar-refractivity contribution in [2.75, 3.05) is 12.8 Å². The van der Waals surface area contributed by atoms with Gasteiger partial charge in [-0.05, 0) is 41.4 Å². The zero-order valence-electron chi connectivity index (χ0n) is 13.0. The first-order valence-corrected chi connectivity index (χ1v) is 8.04. The Hall–Kier alpha value is -2.93. The lowest BCUT2D eigenvalue weighted by atomic mass is 10.2. The summed E-state index contributed by atoms with van der Waals surface area (Å²) >= 11 is 1.07. The van der Waals surface area contributed by atoms with Crippen LogP contribution in [-0.2, 0) is 6.54 Å². The minimum Gasteiger partial charge on any atom is -0.497 e. The van der Waals surface area contributed by atoms with Crippen LogP contribution in [-0.4, -0.2) is 22.4 Å². The van der Waals surface area contributed by atoms with Crippen molar-refractivity contribution in [1.29, 1.82) is 0 Å². The highest BCUT2D eigenvalue weighted by molar-refractivity contribution is 7.09. The van der Waals surface area contributed by atoms with E-state index in [0.717, 1.165) is 22.8 Å². The summed E-state index contributed by atoms with van der Waals surface area (Å²) in [5.74, 6) is 0.492. The summed E-state index contributed by atoms with van der Waals surface area (Å²) in [7, 11) is 1.61. The molecule has 0 bridgehead atoms. The third kappa shape index (κ3) is 3.36. The second-order valence-corrected chi connectivity index (χ2v) is 5.80. The molecule has 0 aliphatic heterocycles. The number of nitrogens with one attached hydrogen (secondary N) is 1. The second-order valence-electron chi connectivity index (χ2n) is 5.02. The van der Waals surface area contributed by atoms with E-state index in [2.05, 4.69) is 14.7 Å². The number of hydrogen-bond donors (Lipinski definition) is 2. The minimum atomic E-state index is -0.255. The fourth-order valence-corrected chi connectivity index (χ4v) is 2.92. The first kappa shape index (κ1) is 15.9. The maximum atomic E-state index is 12.4. The monoisotopic (exact) mass is 340 g/mol. The number of nitrogens with two attached hydrogens (primary N) is 1. The highest BCUT2D eigenvalue weighted by atomic mass is 32.1. The van der Waals surface area contributed by atoms with Crippen molar-refractivity contribution in [1.82, 2.24) is 14.7 Å². The Bertz CT molecular complexity index is 849. The molecule has 0 unspecified atom stereocenters. The van der Waals surface area contributed by atoms with E-state index in [-0.39, 0.29) is 5.91 Å². The molecule has 0 atom stereocenters.